The summed E-state index contributed by atoms with van der Waals surface area (Å²) in [5.41, 5.74) is 6.60. The standard InChI is InChI=1S/C12H18ClN3O3/c13-9-1-2-11(10(14)7-9)15-12(19)8-16(3-5-17)4-6-18/h1-2,7,17-18H,3-6,8,14H2,(H,15,19). The van der Waals surface area contributed by atoms with Crippen molar-refractivity contribution in [3.8, 4) is 0 Å². The number of nitrogens with one attached hydrogen (secondary N) is 1. The molecule has 0 heterocycles. The van der Waals surface area contributed by atoms with Crippen molar-refractivity contribution in [2.75, 3.05) is 43.9 Å². The molecule has 0 aliphatic carbocycles. The summed E-state index contributed by atoms with van der Waals surface area (Å²) >= 11 is 5.76. The fourth-order valence-corrected chi connectivity index (χ4v) is 1.77. The van der Waals surface area contributed by atoms with Crippen molar-refractivity contribution in [3.63, 3.8) is 0 Å². The Kier molecular flexibility index (Phi) is 6.58. The highest BCUT2D eigenvalue weighted by atomic mass is 35.5. The summed E-state index contributed by atoms with van der Waals surface area (Å²) in [6.45, 7) is 0.573. The van der Waals surface area contributed by atoms with Gasteiger partial charge >= 0.3 is 0 Å². The maximum Gasteiger partial charge on any atom is 0.238 e. The number of hydrogen-bond donors (Lipinski definition) is 4. The predicted octanol–water partition coefficient (Wildman–Crippen LogP) is 0.147. The van der Waals surface area contributed by atoms with E-state index in [1.165, 1.54) is 0 Å². The first-order valence-corrected chi connectivity index (χ1v) is 6.23. The molecule has 0 unspecified atom stereocenters. The van der Waals surface area contributed by atoms with E-state index in [-0.39, 0.29) is 25.7 Å². The van der Waals surface area contributed by atoms with Gasteiger partial charge in [-0.1, -0.05) is 11.6 Å². The summed E-state index contributed by atoms with van der Waals surface area (Å²) in [6, 6.07) is 4.81. The van der Waals surface area contributed by atoms with Crippen LogP contribution in [0.2, 0.25) is 5.02 Å². The summed E-state index contributed by atoms with van der Waals surface area (Å²) in [6.07, 6.45) is 0. The van der Waals surface area contributed by atoms with Crippen molar-refractivity contribution in [2.45, 2.75) is 0 Å². The van der Waals surface area contributed by atoms with Crippen LogP contribution in [0.1, 0.15) is 0 Å². The van der Waals surface area contributed by atoms with Gasteiger partial charge in [0.1, 0.15) is 0 Å². The molecule has 6 nitrogen and oxygen atoms in total. The molecule has 0 saturated heterocycles. The number of nitrogen functional groups attached to an aromatic ring is 1. The zero-order valence-electron chi connectivity index (χ0n) is 10.5. The van der Waals surface area contributed by atoms with Gasteiger partial charge in [-0.25, -0.2) is 0 Å². The third-order valence-electron chi connectivity index (χ3n) is 2.49. The van der Waals surface area contributed by atoms with Gasteiger partial charge < -0.3 is 21.3 Å². The number of halogens is 1. The fraction of sp³-hybridized carbons (Fsp3) is 0.417. The normalized spacial score (nSPS) is 10.7. The molecule has 0 saturated carbocycles. The summed E-state index contributed by atoms with van der Waals surface area (Å²) < 4.78 is 0. The van der Waals surface area contributed by atoms with Crippen molar-refractivity contribution in [3.05, 3.63) is 23.2 Å². The van der Waals surface area contributed by atoms with Crippen LogP contribution < -0.4 is 11.1 Å². The van der Waals surface area contributed by atoms with Crippen LogP contribution in [-0.2, 0) is 4.79 Å². The van der Waals surface area contributed by atoms with Crippen molar-refractivity contribution in [1.82, 2.24) is 4.90 Å². The minimum absolute atomic E-state index is 0.0726. The molecule has 0 aliphatic rings. The molecule has 1 aromatic rings. The molecule has 0 aliphatic heterocycles. The zero-order chi connectivity index (χ0) is 14.3. The van der Waals surface area contributed by atoms with E-state index in [2.05, 4.69) is 5.32 Å². The highest BCUT2D eigenvalue weighted by Gasteiger charge is 2.11. The van der Waals surface area contributed by atoms with Crippen molar-refractivity contribution < 1.29 is 15.0 Å². The lowest BCUT2D eigenvalue weighted by molar-refractivity contribution is -0.117. The van der Waals surface area contributed by atoms with Crippen LogP contribution >= 0.6 is 11.6 Å². The Morgan fingerprint density at radius 1 is 1.32 bits per heavy atom. The molecule has 7 heteroatoms. The van der Waals surface area contributed by atoms with Gasteiger partial charge in [-0.15, -0.1) is 0 Å². The molecule has 5 N–H and O–H groups in total. The van der Waals surface area contributed by atoms with Crippen molar-refractivity contribution >= 4 is 28.9 Å². The van der Waals surface area contributed by atoms with E-state index in [0.29, 0.717) is 29.5 Å². The summed E-state index contributed by atoms with van der Waals surface area (Å²) in [4.78, 5) is 13.4. The van der Waals surface area contributed by atoms with Crippen LogP contribution in [0.5, 0.6) is 0 Å². The smallest absolute Gasteiger partial charge is 0.238 e. The molecule has 0 radical (unpaired) electrons. The number of nitrogens with zero attached hydrogens (tertiary/aromatic N) is 1. The third kappa shape index (κ3) is 5.44. The Balaban J connectivity index is 2.58. The molecule has 1 rings (SSSR count). The van der Waals surface area contributed by atoms with Gasteiger partial charge in [-0.3, -0.25) is 9.69 Å². The Bertz CT molecular complexity index is 423. The average Bonchev–Trinajstić information content (AvgIpc) is 2.33. The topological polar surface area (TPSA) is 98.8 Å². The lowest BCUT2D eigenvalue weighted by Gasteiger charge is -2.19. The number of carbonyl (C=O) groups excluding carboxylic acids is 1. The molecule has 0 spiro atoms. The largest absolute Gasteiger partial charge is 0.397 e. The predicted molar refractivity (Wildman–Crippen MR) is 75.1 cm³/mol. The molecule has 19 heavy (non-hydrogen) atoms. The van der Waals surface area contributed by atoms with E-state index >= 15 is 0 Å². The molecule has 0 atom stereocenters. The Labute approximate surface area is 116 Å². The molecule has 0 aromatic heterocycles. The van der Waals surface area contributed by atoms with Crippen LogP contribution in [0.15, 0.2) is 18.2 Å². The fourth-order valence-electron chi connectivity index (χ4n) is 1.59. The highest BCUT2D eigenvalue weighted by molar-refractivity contribution is 6.31. The summed E-state index contributed by atoms with van der Waals surface area (Å²) in [5, 5.41) is 20.9. The Morgan fingerprint density at radius 2 is 1.95 bits per heavy atom. The van der Waals surface area contributed by atoms with Gasteiger partial charge in [0.25, 0.3) is 0 Å². The number of aliphatic hydroxyl groups excluding tert-OH is 2. The maximum absolute atomic E-state index is 11.8. The number of amides is 1. The van der Waals surface area contributed by atoms with Crippen LogP contribution in [0.3, 0.4) is 0 Å². The first-order chi connectivity index (χ1) is 9.06. The van der Waals surface area contributed by atoms with E-state index in [1.807, 2.05) is 0 Å². The SMILES string of the molecule is Nc1cc(Cl)ccc1NC(=O)CN(CCO)CCO. The van der Waals surface area contributed by atoms with Crippen molar-refractivity contribution in [1.29, 1.82) is 0 Å². The number of benzene rings is 1. The quantitative estimate of drug-likeness (QED) is 0.535. The van der Waals surface area contributed by atoms with E-state index < -0.39 is 0 Å². The average molecular weight is 288 g/mol. The lowest BCUT2D eigenvalue weighted by atomic mass is 10.2. The molecule has 1 aromatic carbocycles. The van der Waals surface area contributed by atoms with Gasteiger partial charge in [0.2, 0.25) is 5.91 Å². The first-order valence-electron chi connectivity index (χ1n) is 5.85. The maximum atomic E-state index is 11.8. The molecule has 0 fully saturated rings. The van der Waals surface area contributed by atoms with Crippen LogP contribution in [0.4, 0.5) is 11.4 Å². The van der Waals surface area contributed by atoms with E-state index in [0.717, 1.165) is 0 Å². The van der Waals surface area contributed by atoms with E-state index in [4.69, 9.17) is 27.5 Å². The third-order valence-corrected chi connectivity index (χ3v) is 2.72. The van der Waals surface area contributed by atoms with Crippen LogP contribution in [0.25, 0.3) is 0 Å². The number of aliphatic hydroxyl groups is 2. The lowest BCUT2D eigenvalue weighted by Crippen LogP contribution is -2.37. The molecule has 0 bridgehead atoms. The van der Waals surface area contributed by atoms with Gasteiger partial charge in [-0.2, -0.15) is 0 Å². The second kappa shape index (κ2) is 7.96. The minimum atomic E-state index is -0.268. The van der Waals surface area contributed by atoms with Gasteiger partial charge in [-0.05, 0) is 18.2 Å². The minimum Gasteiger partial charge on any atom is -0.397 e. The second-order valence-corrected chi connectivity index (χ2v) is 4.44. The molecular formula is C12H18ClN3O3. The monoisotopic (exact) mass is 287 g/mol. The summed E-state index contributed by atoms with van der Waals surface area (Å²) in [5.74, 6) is -0.268. The van der Waals surface area contributed by atoms with Crippen LogP contribution in [0, 0.1) is 0 Å². The number of hydrogen-bond acceptors (Lipinski definition) is 5. The number of anilines is 2. The number of nitrogens with two attached hydrogens (primary N) is 1. The zero-order valence-corrected chi connectivity index (χ0v) is 11.2. The van der Waals surface area contributed by atoms with Gasteiger partial charge in [0.15, 0.2) is 0 Å². The highest BCUT2D eigenvalue weighted by Crippen LogP contribution is 2.22. The second-order valence-electron chi connectivity index (χ2n) is 4.00. The van der Waals surface area contributed by atoms with E-state index in [1.54, 1.807) is 23.1 Å². The van der Waals surface area contributed by atoms with E-state index in [9.17, 15) is 4.79 Å². The Hall–Kier alpha value is -1.34. The van der Waals surface area contributed by atoms with Crippen LogP contribution in [-0.4, -0.2) is 53.9 Å². The first kappa shape index (κ1) is 15.7. The Morgan fingerprint density at radius 3 is 2.47 bits per heavy atom. The molecule has 1 amide bonds. The number of rotatable bonds is 7. The van der Waals surface area contributed by atoms with Gasteiger partial charge in [0, 0.05) is 18.1 Å². The van der Waals surface area contributed by atoms with Gasteiger partial charge in [0.05, 0.1) is 31.1 Å². The van der Waals surface area contributed by atoms with Crippen molar-refractivity contribution in [2.24, 2.45) is 0 Å². The molecule has 106 valence electrons. The molecular weight excluding hydrogens is 270 g/mol. The summed E-state index contributed by atoms with van der Waals surface area (Å²) in [7, 11) is 0. The number of carbonyl (C=O) groups is 1.